The van der Waals surface area contributed by atoms with Crippen molar-refractivity contribution in [2.24, 2.45) is 5.92 Å². The van der Waals surface area contributed by atoms with Crippen LogP contribution in [0.25, 0.3) is 0 Å². The Labute approximate surface area is 247 Å². The van der Waals surface area contributed by atoms with Gasteiger partial charge in [0.25, 0.3) is 11.5 Å². The minimum atomic E-state index is -1.98. The average Bonchev–Trinajstić information content (AvgIpc) is 2.87. The fourth-order valence-corrected chi connectivity index (χ4v) is 6.34. The first-order chi connectivity index (χ1) is 19.3. The molecule has 0 bridgehead atoms. The minimum Gasteiger partial charge on any atom is -0.501 e. The highest BCUT2D eigenvalue weighted by Crippen LogP contribution is 2.47. The molecule has 42 heavy (non-hydrogen) atoms. The molecular formula is C30H45FN4O6Si. The number of aromatic amines is 1. The van der Waals surface area contributed by atoms with Gasteiger partial charge in [0.2, 0.25) is 5.75 Å². The molecule has 0 radical (unpaired) electrons. The normalized spacial score (nSPS) is 19.8. The maximum atomic E-state index is 13.3. The second-order valence-electron chi connectivity index (χ2n) is 13.8. The van der Waals surface area contributed by atoms with Gasteiger partial charge < -0.3 is 24.9 Å². The number of amides is 2. The number of halogens is 1. The lowest BCUT2D eigenvalue weighted by atomic mass is 9.73. The second-order valence-corrected chi connectivity index (χ2v) is 18.6. The number of nitrogens with zero attached hydrogens (tertiary/aromatic N) is 2. The van der Waals surface area contributed by atoms with Crippen LogP contribution in [-0.4, -0.2) is 57.5 Å². The van der Waals surface area contributed by atoms with Crippen molar-refractivity contribution in [2.75, 3.05) is 6.61 Å². The quantitative estimate of drug-likeness (QED) is 0.282. The molecule has 1 saturated carbocycles. The van der Waals surface area contributed by atoms with Crippen molar-refractivity contribution in [3.63, 3.8) is 0 Å². The van der Waals surface area contributed by atoms with Gasteiger partial charge in [0.15, 0.2) is 14.0 Å². The largest absolute Gasteiger partial charge is 0.501 e. The van der Waals surface area contributed by atoms with Gasteiger partial charge in [0.05, 0.1) is 0 Å². The van der Waals surface area contributed by atoms with Crippen LogP contribution >= 0.6 is 0 Å². The van der Waals surface area contributed by atoms with Crippen molar-refractivity contribution in [1.29, 1.82) is 0 Å². The van der Waals surface area contributed by atoms with E-state index >= 15 is 0 Å². The zero-order valence-electron chi connectivity index (χ0n) is 25.9. The number of carbonyl (C=O) groups is 2. The van der Waals surface area contributed by atoms with E-state index in [0.717, 1.165) is 0 Å². The Morgan fingerprint density at radius 1 is 1.14 bits per heavy atom. The van der Waals surface area contributed by atoms with Crippen molar-refractivity contribution in [1.82, 2.24) is 20.2 Å². The summed E-state index contributed by atoms with van der Waals surface area (Å²) >= 11 is 0. The van der Waals surface area contributed by atoms with Gasteiger partial charge in [0, 0.05) is 18.7 Å². The molecule has 1 aromatic carbocycles. The number of rotatable bonds is 8. The molecule has 12 heteroatoms. The van der Waals surface area contributed by atoms with Gasteiger partial charge >= 0.3 is 6.09 Å². The molecule has 0 aliphatic heterocycles. The highest BCUT2D eigenvalue weighted by Gasteiger charge is 2.51. The number of H-pyrrole nitrogens is 1. The molecule has 0 unspecified atom stereocenters. The predicted molar refractivity (Wildman–Crippen MR) is 160 cm³/mol. The Morgan fingerprint density at radius 3 is 2.21 bits per heavy atom. The molecule has 232 valence electrons. The standard InChI is InChI=1S/C30H45FN4O6Si/c1-28(2,3)35(27(39)40)30(15-13-20(14-16-30)18-41-42(7,8)29(4,5)6)26-33-22(23(36)25(38)34-26)24(37)32-17-19-9-11-21(31)12-10-19/h9-12,20,36H,13-18H2,1-8H3,(H,32,37)(H,39,40)(H,33,34,38). The minimum absolute atomic E-state index is 0.00661. The van der Waals surface area contributed by atoms with Crippen LogP contribution in [0.15, 0.2) is 29.1 Å². The number of carbonyl (C=O) groups excluding carboxylic acids is 1. The fraction of sp³-hybridized carbons (Fsp3) is 0.600. The van der Waals surface area contributed by atoms with Gasteiger partial charge in [0.1, 0.15) is 17.2 Å². The van der Waals surface area contributed by atoms with Crippen molar-refractivity contribution < 1.29 is 28.6 Å². The van der Waals surface area contributed by atoms with Crippen LogP contribution in [0, 0.1) is 11.7 Å². The highest BCUT2D eigenvalue weighted by atomic mass is 28.4. The lowest BCUT2D eigenvalue weighted by Gasteiger charge is -2.51. The van der Waals surface area contributed by atoms with Gasteiger partial charge in [-0.3, -0.25) is 14.5 Å². The van der Waals surface area contributed by atoms with Crippen LogP contribution in [0.3, 0.4) is 0 Å². The van der Waals surface area contributed by atoms with E-state index in [-0.39, 0.29) is 23.3 Å². The lowest BCUT2D eigenvalue weighted by Crippen LogP contribution is -2.60. The third kappa shape index (κ3) is 7.20. The molecule has 0 spiro atoms. The molecule has 1 aliphatic carbocycles. The zero-order valence-corrected chi connectivity index (χ0v) is 26.9. The SMILES string of the molecule is CC(C)(C)N(C(=O)O)C1(c2nc(C(=O)NCc3ccc(F)cc3)c(O)c(=O)[nH]2)CCC(CO[Si](C)(C)C(C)(C)C)CC1. The number of aromatic hydroxyl groups is 1. The summed E-state index contributed by atoms with van der Waals surface area (Å²) in [4.78, 5) is 47.1. The number of aromatic nitrogens is 2. The summed E-state index contributed by atoms with van der Waals surface area (Å²) < 4.78 is 19.7. The number of hydrogen-bond donors (Lipinski definition) is 4. The molecule has 1 aliphatic rings. The molecular weight excluding hydrogens is 559 g/mol. The smallest absolute Gasteiger partial charge is 0.408 e. The molecule has 3 rings (SSSR count). The van der Waals surface area contributed by atoms with E-state index in [0.29, 0.717) is 37.9 Å². The first-order valence-electron chi connectivity index (χ1n) is 14.3. The Balaban J connectivity index is 1.97. The van der Waals surface area contributed by atoms with E-state index in [1.54, 1.807) is 20.8 Å². The molecule has 1 aromatic heterocycles. The number of benzene rings is 1. The topological polar surface area (TPSA) is 145 Å². The Hall–Kier alpha value is -3.25. The van der Waals surface area contributed by atoms with E-state index < -0.39 is 54.2 Å². The summed E-state index contributed by atoms with van der Waals surface area (Å²) in [5, 5.41) is 23.6. The fourth-order valence-electron chi connectivity index (χ4n) is 5.26. The predicted octanol–water partition coefficient (Wildman–Crippen LogP) is 5.73. The Bertz CT molecular complexity index is 1340. The molecule has 0 atom stereocenters. The van der Waals surface area contributed by atoms with Crippen LogP contribution < -0.4 is 10.9 Å². The van der Waals surface area contributed by atoms with Gasteiger partial charge in [-0.1, -0.05) is 32.9 Å². The summed E-state index contributed by atoms with van der Waals surface area (Å²) in [6, 6.07) is 5.52. The third-order valence-electron chi connectivity index (χ3n) is 8.63. The lowest BCUT2D eigenvalue weighted by molar-refractivity contribution is -0.0259. The van der Waals surface area contributed by atoms with E-state index in [9.17, 15) is 29.0 Å². The summed E-state index contributed by atoms with van der Waals surface area (Å²) in [5.41, 5.74) is -2.96. The van der Waals surface area contributed by atoms with Gasteiger partial charge in [-0.05, 0) is 88.2 Å². The Morgan fingerprint density at radius 2 is 1.71 bits per heavy atom. The molecule has 2 aromatic rings. The first-order valence-corrected chi connectivity index (χ1v) is 17.2. The van der Waals surface area contributed by atoms with E-state index in [4.69, 9.17) is 4.43 Å². The van der Waals surface area contributed by atoms with Gasteiger partial charge in [-0.25, -0.2) is 14.2 Å². The molecule has 1 fully saturated rings. The first kappa shape index (κ1) is 33.3. The van der Waals surface area contributed by atoms with Crippen molar-refractivity contribution >= 4 is 20.3 Å². The third-order valence-corrected chi connectivity index (χ3v) is 13.1. The monoisotopic (exact) mass is 604 g/mol. The van der Waals surface area contributed by atoms with Gasteiger partial charge in [-0.15, -0.1) is 0 Å². The molecule has 1 heterocycles. The number of carboxylic acid groups (broad SMARTS) is 1. The maximum absolute atomic E-state index is 13.3. The summed E-state index contributed by atoms with van der Waals surface area (Å²) in [6.45, 7) is 16.8. The molecule has 2 amide bonds. The van der Waals surface area contributed by atoms with E-state index in [1.807, 2.05) is 0 Å². The van der Waals surface area contributed by atoms with E-state index in [2.05, 4.69) is 49.1 Å². The number of hydrogen-bond acceptors (Lipinski definition) is 6. The average molecular weight is 605 g/mol. The second kappa shape index (κ2) is 12.2. The van der Waals surface area contributed by atoms with Gasteiger partial charge in [-0.2, -0.15) is 0 Å². The molecule has 4 N–H and O–H groups in total. The van der Waals surface area contributed by atoms with Crippen LogP contribution in [0.5, 0.6) is 5.75 Å². The van der Waals surface area contributed by atoms with Crippen molar-refractivity contribution in [2.45, 2.75) is 103 Å². The summed E-state index contributed by atoms with van der Waals surface area (Å²) in [7, 11) is -1.98. The van der Waals surface area contributed by atoms with Crippen LogP contribution in [0.1, 0.15) is 89.1 Å². The van der Waals surface area contributed by atoms with Crippen molar-refractivity contribution in [3.8, 4) is 5.75 Å². The summed E-state index contributed by atoms with van der Waals surface area (Å²) in [5.74, 6) is -1.89. The van der Waals surface area contributed by atoms with Crippen LogP contribution in [0.4, 0.5) is 9.18 Å². The highest BCUT2D eigenvalue weighted by molar-refractivity contribution is 6.74. The van der Waals surface area contributed by atoms with Crippen LogP contribution in [0.2, 0.25) is 18.1 Å². The zero-order chi connectivity index (χ0) is 31.7. The summed E-state index contributed by atoms with van der Waals surface area (Å²) in [6.07, 6.45) is 0.728. The molecule has 10 nitrogen and oxygen atoms in total. The van der Waals surface area contributed by atoms with E-state index in [1.165, 1.54) is 29.2 Å². The maximum Gasteiger partial charge on any atom is 0.408 e. The Kier molecular flexibility index (Phi) is 9.63. The molecule has 0 saturated heterocycles. The number of nitrogens with one attached hydrogen (secondary N) is 2. The van der Waals surface area contributed by atoms with Crippen molar-refractivity contribution in [3.05, 3.63) is 57.5 Å². The van der Waals surface area contributed by atoms with Crippen LogP contribution in [-0.2, 0) is 16.5 Å².